The second-order valence-corrected chi connectivity index (χ2v) is 6.46. The van der Waals surface area contributed by atoms with Gasteiger partial charge in [0.1, 0.15) is 0 Å². The molecule has 0 aliphatic carbocycles. The standard InChI is InChI=1S/C20H22N2O3/c23-19-11-15(16-6-1-2-7-17(16)22-19)13-21-12-14-5-3-8-18-20(14)25-10-4-9-24-18/h1-3,5-8,15,21H,4,9-13H2,(H,22,23). The van der Waals surface area contributed by atoms with Gasteiger partial charge in [0, 0.05) is 43.1 Å². The Balaban J connectivity index is 1.44. The van der Waals surface area contributed by atoms with E-state index in [1.807, 2.05) is 30.3 Å². The van der Waals surface area contributed by atoms with E-state index >= 15 is 0 Å². The van der Waals surface area contributed by atoms with E-state index in [0.717, 1.165) is 35.7 Å². The second kappa shape index (κ2) is 7.15. The lowest BCUT2D eigenvalue weighted by Crippen LogP contribution is -2.29. The molecule has 5 heteroatoms. The fourth-order valence-electron chi connectivity index (χ4n) is 3.46. The number of para-hydroxylation sites is 2. The van der Waals surface area contributed by atoms with Crippen LogP contribution in [0.1, 0.15) is 29.9 Å². The van der Waals surface area contributed by atoms with E-state index in [0.29, 0.717) is 26.2 Å². The van der Waals surface area contributed by atoms with E-state index in [-0.39, 0.29) is 11.8 Å². The van der Waals surface area contributed by atoms with Crippen LogP contribution in [0.2, 0.25) is 0 Å². The summed E-state index contributed by atoms with van der Waals surface area (Å²) in [7, 11) is 0. The molecule has 0 saturated heterocycles. The molecule has 0 saturated carbocycles. The minimum Gasteiger partial charge on any atom is -0.490 e. The van der Waals surface area contributed by atoms with Crippen LogP contribution in [0.3, 0.4) is 0 Å². The fourth-order valence-corrected chi connectivity index (χ4v) is 3.46. The summed E-state index contributed by atoms with van der Waals surface area (Å²) in [4.78, 5) is 11.9. The SMILES string of the molecule is O=C1CC(CNCc2cccc3c2OCCCO3)c2ccccc2N1. The number of fused-ring (bicyclic) bond motifs is 2. The zero-order chi connectivity index (χ0) is 17.1. The second-order valence-electron chi connectivity index (χ2n) is 6.46. The number of ether oxygens (including phenoxy) is 2. The molecule has 2 aromatic carbocycles. The van der Waals surface area contributed by atoms with Crippen molar-refractivity contribution >= 4 is 11.6 Å². The quantitative estimate of drug-likeness (QED) is 0.899. The van der Waals surface area contributed by atoms with Crippen molar-refractivity contribution in [3.63, 3.8) is 0 Å². The van der Waals surface area contributed by atoms with Gasteiger partial charge in [-0.2, -0.15) is 0 Å². The minimum absolute atomic E-state index is 0.0795. The van der Waals surface area contributed by atoms with Crippen molar-refractivity contribution in [2.45, 2.75) is 25.3 Å². The summed E-state index contributed by atoms with van der Waals surface area (Å²) in [6.45, 7) is 2.81. The molecule has 2 aliphatic heterocycles. The van der Waals surface area contributed by atoms with E-state index in [9.17, 15) is 4.79 Å². The molecule has 0 radical (unpaired) electrons. The van der Waals surface area contributed by atoms with Crippen molar-refractivity contribution in [2.24, 2.45) is 0 Å². The Labute approximate surface area is 147 Å². The number of anilines is 1. The Morgan fingerprint density at radius 2 is 1.96 bits per heavy atom. The number of carbonyl (C=O) groups is 1. The average molecular weight is 338 g/mol. The predicted octanol–water partition coefficient (Wildman–Crippen LogP) is 3.06. The van der Waals surface area contributed by atoms with Gasteiger partial charge in [0.25, 0.3) is 0 Å². The molecule has 4 rings (SSSR count). The molecule has 130 valence electrons. The molecule has 1 amide bonds. The zero-order valence-corrected chi connectivity index (χ0v) is 14.1. The predicted molar refractivity (Wildman–Crippen MR) is 96.2 cm³/mol. The fraction of sp³-hybridized carbons (Fsp3) is 0.350. The van der Waals surface area contributed by atoms with Crippen molar-refractivity contribution in [1.29, 1.82) is 0 Å². The maximum absolute atomic E-state index is 11.9. The Morgan fingerprint density at radius 3 is 2.92 bits per heavy atom. The zero-order valence-electron chi connectivity index (χ0n) is 14.1. The first kappa shape index (κ1) is 16.0. The monoisotopic (exact) mass is 338 g/mol. The van der Waals surface area contributed by atoms with Gasteiger partial charge in [0.15, 0.2) is 11.5 Å². The average Bonchev–Trinajstić information content (AvgIpc) is 2.87. The van der Waals surface area contributed by atoms with Crippen LogP contribution < -0.4 is 20.1 Å². The third kappa shape index (κ3) is 3.46. The number of benzene rings is 2. The third-order valence-electron chi connectivity index (χ3n) is 4.67. The molecule has 0 spiro atoms. The molecule has 2 N–H and O–H groups in total. The molecule has 1 atom stereocenters. The Morgan fingerprint density at radius 1 is 1.08 bits per heavy atom. The molecular formula is C20H22N2O3. The van der Waals surface area contributed by atoms with Gasteiger partial charge in [-0.25, -0.2) is 0 Å². The van der Waals surface area contributed by atoms with Crippen molar-refractivity contribution in [2.75, 3.05) is 25.1 Å². The van der Waals surface area contributed by atoms with Crippen LogP contribution in [0.5, 0.6) is 11.5 Å². The first-order chi connectivity index (χ1) is 12.3. The van der Waals surface area contributed by atoms with E-state index in [1.165, 1.54) is 5.56 Å². The van der Waals surface area contributed by atoms with Crippen molar-refractivity contribution in [1.82, 2.24) is 5.32 Å². The summed E-state index contributed by atoms with van der Waals surface area (Å²) in [6, 6.07) is 14.0. The summed E-state index contributed by atoms with van der Waals surface area (Å²) < 4.78 is 11.6. The molecule has 5 nitrogen and oxygen atoms in total. The van der Waals surface area contributed by atoms with E-state index < -0.39 is 0 Å². The number of hydrogen-bond donors (Lipinski definition) is 2. The van der Waals surface area contributed by atoms with Crippen LogP contribution in [-0.4, -0.2) is 25.7 Å². The number of nitrogens with one attached hydrogen (secondary N) is 2. The van der Waals surface area contributed by atoms with E-state index in [1.54, 1.807) is 0 Å². The lowest BCUT2D eigenvalue weighted by molar-refractivity contribution is -0.116. The maximum atomic E-state index is 11.9. The van der Waals surface area contributed by atoms with Gasteiger partial charge >= 0.3 is 0 Å². The minimum atomic E-state index is 0.0795. The number of hydrogen-bond acceptors (Lipinski definition) is 4. The summed E-state index contributed by atoms with van der Waals surface area (Å²) in [6.07, 6.45) is 1.41. The van der Waals surface area contributed by atoms with Gasteiger partial charge in [-0.05, 0) is 17.7 Å². The summed E-state index contributed by atoms with van der Waals surface area (Å²) >= 11 is 0. The van der Waals surface area contributed by atoms with Crippen molar-refractivity contribution in [3.8, 4) is 11.5 Å². The molecule has 1 unspecified atom stereocenters. The summed E-state index contributed by atoms with van der Waals surface area (Å²) in [5, 5.41) is 6.43. The van der Waals surface area contributed by atoms with Crippen LogP contribution >= 0.6 is 0 Å². The number of carbonyl (C=O) groups excluding carboxylic acids is 1. The highest BCUT2D eigenvalue weighted by molar-refractivity contribution is 5.94. The lowest BCUT2D eigenvalue weighted by atomic mass is 9.90. The molecular weight excluding hydrogens is 316 g/mol. The molecule has 25 heavy (non-hydrogen) atoms. The van der Waals surface area contributed by atoms with Crippen LogP contribution in [0, 0.1) is 0 Å². The molecule has 0 aromatic heterocycles. The van der Waals surface area contributed by atoms with Crippen LogP contribution in [0.15, 0.2) is 42.5 Å². The van der Waals surface area contributed by atoms with Crippen molar-refractivity contribution in [3.05, 3.63) is 53.6 Å². The molecule has 0 fully saturated rings. The van der Waals surface area contributed by atoms with Gasteiger partial charge in [-0.15, -0.1) is 0 Å². The van der Waals surface area contributed by atoms with Gasteiger partial charge in [-0.3, -0.25) is 4.79 Å². The Hall–Kier alpha value is -2.53. The summed E-state index contributed by atoms with van der Waals surface area (Å²) in [5.74, 6) is 1.92. The largest absolute Gasteiger partial charge is 0.490 e. The lowest BCUT2D eigenvalue weighted by Gasteiger charge is -2.26. The topological polar surface area (TPSA) is 59.6 Å². The molecule has 2 aliphatic rings. The highest BCUT2D eigenvalue weighted by Crippen LogP contribution is 2.34. The normalized spacial score (nSPS) is 18.9. The summed E-state index contributed by atoms with van der Waals surface area (Å²) in [5.41, 5.74) is 3.21. The highest BCUT2D eigenvalue weighted by Gasteiger charge is 2.24. The Kier molecular flexibility index (Phi) is 4.57. The molecule has 2 aromatic rings. The first-order valence-electron chi connectivity index (χ1n) is 8.78. The Bertz CT molecular complexity index is 775. The molecule has 0 bridgehead atoms. The van der Waals surface area contributed by atoms with Crippen LogP contribution in [0.4, 0.5) is 5.69 Å². The smallest absolute Gasteiger partial charge is 0.225 e. The third-order valence-corrected chi connectivity index (χ3v) is 4.67. The van der Waals surface area contributed by atoms with Crippen LogP contribution in [-0.2, 0) is 11.3 Å². The highest BCUT2D eigenvalue weighted by atomic mass is 16.5. The van der Waals surface area contributed by atoms with E-state index in [2.05, 4.69) is 22.8 Å². The maximum Gasteiger partial charge on any atom is 0.225 e. The number of amides is 1. The van der Waals surface area contributed by atoms with Gasteiger partial charge < -0.3 is 20.1 Å². The van der Waals surface area contributed by atoms with Crippen LogP contribution in [0.25, 0.3) is 0 Å². The van der Waals surface area contributed by atoms with Crippen molar-refractivity contribution < 1.29 is 14.3 Å². The van der Waals surface area contributed by atoms with Gasteiger partial charge in [0.05, 0.1) is 13.2 Å². The van der Waals surface area contributed by atoms with Gasteiger partial charge in [0.2, 0.25) is 5.91 Å². The number of rotatable bonds is 4. The molecule has 2 heterocycles. The first-order valence-corrected chi connectivity index (χ1v) is 8.78. The van der Waals surface area contributed by atoms with Gasteiger partial charge in [-0.1, -0.05) is 30.3 Å². The van der Waals surface area contributed by atoms with E-state index in [4.69, 9.17) is 9.47 Å².